The van der Waals surface area contributed by atoms with Crippen LogP contribution in [0.5, 0.6) is 0 Å². The lowest BCUT2D eigenvalue weighted by Gasteiger charge is -2.34. The monoisotopic (exact) mass is 452 g/mol. The second kappa shape index (κ2) is 8.23. The van der Waals surface area contributed by atoms with E-state index in [4.69, 9.17) is 0 Å². The van der Waals surface area contributed by atoms with Gasteiger partial charge < -0.3 is 20.5 Å². The molecule has 0 spiro atoms. The number of nitrogens with one attached hydrogen (secondary N) is 3. The Bertz CT molecular complexity index is 1280. The second-order valence-electron chi connectivity index (χ2n) is 7.38. The van der Waals surface area contributed by atoms with Gasteiger partial charge in [-0.05, 0) is 35.7 Å². The average Bonchev–Trinajstić information content (AvgIpc) is 2.75. The molecule has 0 bridgehead atoms. The van der Waals surface area contributed by atoms with Crippen LogP contribution in [0.2, 0.25) is 0 Å². The van der Waals surface area contributed by atoms with Crippen LogP contribution in [0.1, 0.15) is 29.3 Å². The van der Waals surface area contributed by atoms with Gasteiger partial charge in [-0.3, -0.25) is 4.79 Å². The van der Waals surface area contributed by atoms with Crippen LogP contribution in [-0.4, -0.2) is 29.5 Å². The number of carbonyl (C=O) groups is 1. The van der Waals surface area contributed by atoms with Gasteiger partial charge in [-0.25, -0.2) is 26.7 Å². The number of hydrogen-bond acceptors (Lipinski definition) is 3. The fraction of sp³-hybridized carbons (Fsp3) is 0.238. The third kappa shape index (κ3) is 3.79. The fourth-order valence-electron chi connectivity index (χ4n) is 3.82. The van der Waals surface area contributed by atoms with E-state index in [2.05, 4.69) is 15.6 Å². The number of carbonyl (C=O) groups excluding carboxylic acids is 1. The van der Waals surface area contributed by atoms with Crippen molar-refractivity contribution in [1.29, 1.82) is 0 Å². The first-order valence-corrected chi connectivity index (χ1v) is 9.53. The molecule has 0 aliphatic carbocycles. The Kier molecular flexibility index (Phi) is 5.59. The molecule has 0 unspecified atom stereocenters. The number of likely N-dealkylation sites (N-methyl/N-ethyl adjacent to an activating group) is 1. The number of fused-ring (bicyclic) bond motifs is 3. The van der Waals surface area contributed by atoms with Gasteiger partial charge in [0.25, 0.3) is 12.0 Å². The lowest BCUT2D eigenvalue weighted by Crippen LogP contribution is -2.43. The van der Waals surface area contributed by atoms with Gasteiger partial charge in [-0.15, -0.1) is 0 Å². The van der Waals surface area contributed by atoms with Gasteiger partial charge in [0.1, 0.15) is 5.82 Å². The number of halogens is 5. The first-order chi connectivity index (χ1) is 15.2. The summed E-state index contributed by atoms with van der Waals surface area (Å²) in [5.74, 6) is -3.41. The fourth-order valence-corrected chi connectivity index (χ4v) is 3.82. The molecule has 4 rings (SSSR count). The van der Waals surface area contributed by atoms with Gasteiger partial charge in [0.2, 0.25) is 0 Å². The van der Waals surface area contributed by atoms with Gasteiger partial charge in [-0.2, -0.15) is 0 Å². The van der Waals surface area contributed by atoms with E-state index in [1.54, 1.807) is 0 Å². The Labute approximate surface area is 178 Å². The van der Waals surface area contributed by atoms with Crippen LogP contribution in [0.15, 0.2) is 35.1 Å². The van der Waals surface area contributed by atoms with Gasteiger partial charge >= 0.3 is 6.03 Å². The number of anilines is 1. The van der Waals surface area contributed by atoms with Gasteiger partial charge in [-0.1, -0.05) is 0 Å². The van der Waals surface area contributed by atoms with Crippen molar-refractivity contribution in [3.63, 3.8) is 0 Å². The van der Waals surface area contributed by atoms with Crippen LogP contribution in [-0.2, 0) is 6.54 Å². The SMILES string of the molecule is CN(C(=O)Nc1ccc(F)c(C(F)F)c1)[C@H]1CNCc2[nH]c(=O)c3cc(F)c(F)cc3c21. The highest BCUT2D eigenvalue weighted by Gasteiger charge is 2.30. The Morgan fingerprint density at radius 1 is 1.09 bits per heavy atom. The smallest absolute Gasteiger partial charge is 0.322 e. The third-order valence-corrected chi connectivity index (χ3v) is 5.43. The van der Waals surface area contributed by atoms with Crippen LogP contribution < -0.4 is 16.2 Å². The van der Waals surface area contributed by atoms with E-state index < -0.39 is 47.1 Å². The molecule has 2 heterocycles. The van der Waals surface area contributed by atoms with Crippen molar-refractivity contribution in [3.05, 3.63) is 75.0 Å². The molecule has 11 heteroatoms. The normalized spacial score (nSPS) is 15.7. The highest BCUT2D eigenvalue weighted by atomic mass is 19.3. The molecule has 0 saturated carbocycles. The van der Waals surface area contributed by atoms with Crippen molar-refractivity contribution in [2.45, 2.75) is 19.0 Å². The number of aromatic amines is 1. The Morgan fingerprint density at radius 3 is 2.47 bits per heavy atom. The minimum Gasteiger partial charge on any atom is -0.324 e. The quantitative estimate of drug-likeness (QED) is 0.522. The van der Waals surface area contributed by atoms with Crippen LogP contribution >= 0.6 is 0 Å². The summed E-state index contributed by atoms with van der Waals surface area (Å²) in [6.07, 6.45) is -3.06. The van der Waals surface area contributed by atoms with Crippen molar-refractivity contribution in [2.24, 2.45) is 0 Å². The average molecular weight is 452 g/mol. The van der Waals surface area contributed by atoms with Gasteiger partial charge in [0, 0.05) is 37.1 Å². The van der Waals surface area contributed by atoms with Crippen molar-refractivity contribution >= 4 is 22.5 Å². The lowest BCUT2D eigenvalue weighted by molar-refractivity contribution is 0.146. The number of alkyl halides is 2. The summed E-state index contributed by atoms with van der Waals surface area (Å²) < 4.78 is 67.1. The Morgan fingerprint density at radius 2 is 1.78 bits per heavy atom. The molecule has 1 atom stereocenters. The summed E-state index contributed by atoms with van der Waals surface area (Å²) in [6.45, 7) is 0.462. The minimum atomic E-state index is -3.06. The summed E-state index contributed by atoms with van der Waals surface area (Å²) in [4.78, 5) is 29.0. The summed E-state index contributed by atoms with van der Waals surface area (Å²) in [5, 5.41) is 5.55. The molecular weight excluding hydrogens is 435 g/mol. The molecule has 168 valence electrons. The zero-order chi connectivity index (χ0) is 23.2. The topological polar surface area (TPSA) is 77.2 Å². The highest BCUT2D eigenvalue weighted by Crippen LogP contribution is 2.32. The van der Waals surface area contributed by atoms with Crippen LogP contribution in [0.3, 0.4) is 0 Å². The number of amides is 2. The van der Waals surface area contributed by atoms with Gasteiger partial charge in [0.05, 0.1) is 17.0 Å². The third-order valence-electron chi connectivity index (χ3n) is 5.43. The maximum atomic E-state index is 14.0. The molecule has 3 N–H and O–H groups in total. The van der Waals surface area contributed by atoms with E-state index in [1.807, 2.05) is 0 Å². The van der Waals surface area contributed by atoms with Crippen molar-refractivity contribution in [2.75, 3.05) is 18.9 Å². The molecule has 0 radical (unpaired) electrons. The maximum absolute atomic E-state index is 14.0. The molecule has 6 nitrogen and oxygen atoms in total. The highest BCUT2D eigenvalue weighted by molar-refractivity contribution is 5.91. The van der Waals surface area contributed by atoms with E-state index in [-0.39, 0.29) is 29.5 Å². The summed E-state index contributed by atoms with van der Waals surface area (Å²) in [6, 6.07) is 3.10. The molecule has 1 aliphatic rings. The molecule has 0 saturated heterocycles. The number of nitrogens with zero attached hydrogens (tertiary/aromatic N) is 1. The Balaban J connectivity index is 1.71. The summed E-state index contributed by atoms with van der Waals surface area (Å²) >= 11 is 0. The molecule has 1 aliphatic heterocycles. The van der Waals surface area contributed by atoms with Crippen LogP contribution in [0, 0.1) is 17.5 Å². The molecule has 32 heavy (non-hydrogen) atoms. The predicted molar refractivity (Wildman–Crippen MR) is 107 cm³/mol. The number of rotatable bonds is 3. The first-order valence-electron chi connectivity index (χ1n) is 9.53. The molecule has 1 aromatic heterocycles. The first kappa shape index (κ1) is 21.8. The molecule has 0 fully saturated rings. The van der Waals surface area contributed by atoms with Gasteiger partial charge in [0.15, 0.2) is 11.6 Å². The number of urea groups is 1. The van der Waals surface area contributed by atoms with E-state index in [0.717, 1.165) is 30.3 Å². The van der Waals surface area contributed by atoms with E-state index in [9.17, 15) is 31.5 Å². The maximum Gasteiger partial charge on any atom is 0.322 e. The molecule has 3 aromatic rings. The molecule has 2 aromatic carbocycles. The number of H-pyrrole nitrogens is 1. The van der Waals surface area contributed by atoms with Crippen molar-refractivity contribution < 1.29 is 26.7 Å². The minimum absolute atomic E-state index is 0.0398. The largest absolute Gasteiger partial charge is 0.324 e. The Hall–Kier alpha value is -3.47. The number of hydrogen-bond donors (Lipinski definition) is 3. The van der Waals surface area contributed by atoms with Crippen LogP contribution in [0.4, 0.5) is 32.4 Å². The van der Waals surface area contributed by atoms with E-state index in [0.29, 0.717) is 11.3 Å². The zero-order valence-electron chi connectivity index (χ0n) is 16.6. The van der Waals surface area contributed by atoms with Crippen molar-refractivity contribution in [1.82, 2.24) is 15.2 Å². The van der Waals surface area contributed by atoms with E-state index in [1.165, 1.54) is 11.9 Å². The van der Waals surface area contributed by atoms with Crippen molar-refractivity contribution in [3.8, 4) is 0 Å². The number of pyridine rings is 1. The zero-order valence-corrected chi connectivity index (χ0v) is 16.6. The summed E-state index contributed by atoms with van der Waals surface area (Å²) in [5.41, 5.74) is -0.648. The summed E-state index contributed by atoms with van der Waals surface area (Å²) in [7, 11) is 1.42. The number of aromatic nitrogens is 1. The standard InChI is InChI=1S/C21H17F5N4O2/c1-30(21(32)28-9-2-3-13(22)12(4-9)19(25)26)17-8-27-7-16-18(17)10-5-14(23)15(24)6-11(10)20(31)29-16/h2-6,17,19,27H,7-8H2,1H3,(H,28,32)(H,29,31)/t17-/m0/s1. The predicted octanol–water partition coefficient (Wildman–Crippen LogP) is 4.19. The van der Waals surface area contributed by atoms with E-state index >= 15 is 0 Å². The van der Waals surface area contributed by atoms with Crippen LogP contribution in [0.25, 0.3) is 10.8 Å². The second-order valence-corrected chi connectivity index (χ2v) is 7.38. The number of benzene rings is 2. The lowest BCUT2D eigenvalue weighted by atomic mass is 9.94. The molecule has 2 amide bonds. The molecular formula is C21H17F5N4O2.